The Morgan fingerprint density at radius 1 is 1.11 bits per heavy atom. The molecule has 0 saturated carbocycles. The number of aromatic nitrogens is 1. The first kappa shape index (κ1) is 18.6. The van der Waals surface area contributed by atoms with E-state index in [9.17, 15) is 29.6 Å². The van der Waals surface area contributed by atoms with Gasteiger partial charge >= 0.3 is 5.97 Å². The van der Waals surface area contributed by atoms with E-state index < -0.39 is 28.1 Å². The molecule has 142 valence electrons. The Balaban J connectivity index is 2.02. The number of benzene rings is 2. The number of aromatic hydroxyl groups is 1. The molecule has 0 aliphatic carbocycles. The standard InChI is InChI=1S/C18H13N3O7/c1-20-14-5-3-11(21(27)28)6-9(14)7-13(17(20)24)16(23)19-10-2-4-12(18(25)26)15(22)8-10/h2-8,22H,1H3,(H,19,23)(H,25,26). The van der Waals surface area contributed by atoms with Crippen LogP contribution in [0.15, 0.2) is 47.3 Å². The van der Waals surface area contributed by atoms with Crippen molar-refractivity contribution in [1.82, 2.24) is 4.57 Å². The number of amides is 1. The van der Waals surface area contributed by atoms with Gasteiger partial charge in [0.05, 0.1) is 10.4 Å². The number of nitrogens with one attached hydrogen (secondary N) is 1. The lowest BCUT2D eigenvalue weighted by Crippen LogP contribution is -2.27. The Kier molecular flexibility index (Phi) is 4.53. The Morgan fingerprint density at radius 3 is 2.43 bits per heavy atom. The van der Waals surface area contributed by atoms with Crippen LogP contribution in [-0.2, 0) is 7.05 Å². The summed E-state index contributed by atoms with van der Waals surface area (Å²) < 4.78 is 1.19. The molecule has 0 bridgehead atoms. The zero-order valence-electron chi connectivity index (χ0n) is 14.4. The lowest BCUT2D eigenvalue weighted by molar-refractivity contribution is -0.384. The molecule has 0 unspecified atom stereocenters. The molecule has 0 atom stereocenters. The Bertz CT molecular complexity index is 1210. The highest BCUT2D eigenvalue weighted by atomic mass is 16.6. The van der Waals surface area contributed by atoms with Crippen LogP contribution in [0.4, 0.5) is 11.4 Å². The van der Waals surface area contributed by atoms with Gasteiger partial charge in [-0.2, -0.15) is 0 Å². The maximum absolute atomic E-state index is 12.5. The number of phenols is 1. The third-order valence-corrected chi connectivity index (χ3v) is 4.15. The number of hydrogen-bond acceptors (Lipinski definition) is 6. The number of aromatic carboxylic acids is 1. The van der Waals surface area contributed by atoms with Crippen molar-refractivity contribution in [2.75, 3.05) is 5.32 Å². The fourth-order valence-corrected chi connectivity index (χ4v) is 2.74. The van der Waals surface area contributed by atoms with Gasteiger partial charge in [-0.3, -0.25) is 19.7 Å². The van der Waals surface area contributed by atoms with Crippen molar-refractivity contribution >= 4 is 34.2 Å². The van der Waals surface area contributed by atoms with Crippen LogP contribution < -0.4 is 10.9 Å². The number of carbonyl (C=O) groups is 2. The second-order valence-electron chi connectivity index (χ2n) is 5.91. The number of carbonyl (C=O) groups excluding carboxylic acids is 1. The highest BCUT2D eigenvalue weighted by Crippen LogP contribution is 2.23. The van der Waals surface area contributed by atoms with Gasteiger partial charge < -0.3 is 20.1 Å². The molecule has 1 aromatic heterocycles. The lowest BCUT2D eigenvalue weighted by atomic mass is 10.1. The van der Waals surface area contributed by atoms with Crippen LogP contribution in [0.25, 0.3) is 10.9 Å². The van der Waals surface area contributed by atoms with Gasteiger partial charge in [0.2, 0.25) is 0 Å². The van der Waals surface area contributed by atoms with Gasteiger partial charge in [0.15, 0.2) is 0 Å². The number of fused-ring (bicyclic) bond motifs is 1. The van der Waals surface area contributed by atoms with Gasteiger partial charge in [-0.25, -0.2) is 4.79 Å². The van der Waals surface area contributed by atoms with Gasteiger partial charge in [0.25, 0.3) is 17.2 Å². The molecule has 0 spiro atoms. The molecular formula is C18H13N3O7. The molecule has 2 aromatic carbocycles. The predicted molar refractivity (Wildman–Crippen MR) is 98.9 cm³/mol. The molecule has 10 nitrogen and oxygen atoms in total. The van der Waals surface area contributed by atoms with Gasteiger partial charge in [-0.05, 0) is 24.3 Å². The van der Waals surface area contributed by atoms with Crippen LogP contribution in [0, 0.1) is 10.1 Å². The van der Waals surface area contributed by atoms with Crippen molar-refractivity contribution < 1.29 is 24.7 Å². The minimum atomic E-state index is -1.33. The van der Waals surface area contributed by atoms with Crippen molar-refractivity contribution in [1.29, 1.82) is 0 Å². The molecule has 0 fully saturated rings. The fraction of sp³-hybridized carbons (Fsp3) is 0.0556. The second kappa shape index (κ2) is 6.83. The molecular weight excluding hydrogens is 370 g/mol. The molecule has 1 amide bonds. The lowest BCUT2D eigenvalue weighted by Gasteiger charge is -2.10. The molecule has 1 heterocycles. The molecule has 0 aliphatic heterocycles. The third kappa shape index (κ3) is 3.26. The van der Waals surface area contributed by atoms with Crippen LogP contribution in [0.3, 0.4) is 0 Å². The minimum absolute atomic E-state index is 0.0775. The van der Waals surface area contributed by atoms with Crippen molar-refractivity contribution in [3.63, 3.8) is 0 Å². The number of rotatable bonds is 4. The number of nitro benzene ring substituents is 1. The number of non-ortho nitro benzene ring substituents is 1. The minimum Gasteiger partial charge on any atom is -0.507 e. The summed E-state index contributed by atoms with van der Waals surface area (Å²) in [6.07, 6.45) is 0. The monoisotopic (exact) mass is 383 g/mol. The van der Waals surface area contributed by atoms with E-state index in [-0.39, 0.29) is 22.5 Å². The zero-order valence-corrected chi connectivity index (χ0v) is 14.4. The van der Waals surface area contributed by atoms with Crippen LogP contribution in [0.5, 0.6) is 5.75 Å². The first-order valence-corrected chi connectivity index (χ1v) is 7.85. The van der Waals surface area contributed by atoms with E-state index in [1.54, 1.807) is 0 Å². The van der Waals surface area contributed by atoms with Crippen LogP contribution in [0.1, 0.15) is 20.7 Å². The number of hydrogen-bond donors (Lipinski definition) is 3. The van der Waals surface area contributed by atoms with Crippen molar-refractivity contribution in [2.24, 2.45) is 7.05 Å². The summed E-state index contributed by atoms with van der Waals surface area (Å²) in [6, 6.07) is 8.57. The number of pyridine rings is 1. The second-order valence-corrected chi connectivity index (χ2v) is 5.91. The van der Waals surface area contributed by atoms with Crippen molar-refractivity contribution in [3.8, 4) is 5.75 Å². The molecule has 0 aliphatic rings. The van der Waals surface area contributed by atoms with Crippen LogP contribution in [0.2, 0.25) is 0 Å². The predicted octanol–water partition coefficient (Wildman–Crippen LogP) is 2.10. The SMILES string of the molecule is Cn1c(=O)c(C(=O)Nc2ccc(C(=O)O)c(O)c2)cc2cc([N+](=O)[O-])ccc21. The smallest absolute Gasteiger partial charge is 0.339 e. The number of nitro groups is 1. The molecule has 3 aromatic rings. The highest BCUT2D eigenvalue weighted by Gasteiger charge is 2.17. The largest absolute Gasteiger partial charge is 0.507 e. The van der Waals surface area contributed by atoms with E-state index >= 15 is 0 Å². The van der Waals surface area contributed by atoms with E-state index in [1.807, 2.05) is 0 Å². The molecule has 3 N–H and O–H groups in total. The zero-order chi connectivity index (χ0) is 20.6. The van der Waals surface area contributed by atoms with Gasteiger partial charge in [-0.1, -0.05) is 0 Å². The normalized spacial score (nSPS) is 10.6. The topological polar surface area (TPSA) is 152 Å². The Labute approximate surface area is 156 Å². The fourth-order valence-electron chi connectivity index (χ4n) is 2.74. The summed E-state index contributed by atoms with van der Waals surface area (Å²) in [4.78, 5) is 46.3. The maximum atomic E-state index is 12.5. The molecule has 3 rings (SSSR count). The van der Waals surface area contributed by atoms with Gasteiger partial charge in [0.1, 0.15) is 16.9 Å². The summed E-state index contributed by atoms with van der Waals surface area (Å²) in [5.74, 6) is -2.69. The molecule has 0 radical (unpaired) electrons. The number of carboxylic acid groups (broad SMARTS) is 1. The third-order valence-electron chi connectivity index (χ3n) is 4.15. The Hall–Kier alpha value is -4.21. The summed E-state index contributed by atoms with van der Waals surface area (Å²) in [5, 5.41) is 32.3. The first-order valence-electron chi connectivity index (χ1n) is 7.85. The number of aryl methyl sites for hydroxylation is 1. The van der Waals surface area contributed by atoms with Crippen LogP contribution in [-0.4, -0.2) is 31.6 Å². The number of anilines is 1. The van der Waals surface area contributed by atoms with E-state index in [0.717, 1.165) is 12.1 Å². The quantitative estimate of drug-likeness (QED) is 0.461. The van der Waals surface area contributed by atoms with E-state index in [0.29, 0.717) is 10.9 Å². The number of nitrogens with zero attached hydrogens (tertiary/aromatic N) is 2. The average Bonchev–Trinajstić information content (AvgIpc) is 2.63. The molecule has 10 heteroatoms. The van der Waals surface area contributed by atoms with E-state index in [2.05, 4.69) is 5.32 Å². The van der Waals surface area contributed by atoms with E-state index in [1.165, 1.54) is 41.9 Å². The van der Waals surface area contributed by atoms with Gasteiger partial charge in [0, 0.05) is 36.3 Å². The first-order chi connectivity index (χ1) is 13.2. The highest BCUT2D eigenvalue weighted by molar-refractivity contribution is 6.06. The summed E-state index contributed by atoms with van der Waals surface area (Å²) in [7, 11) is 1.43. The van der Waals surface area contributed by atoms with Crippen LogP contribution >= 0.6 is 0 Å². The Morgan fingerprint density at radius 2 is 1.82 bits per heavy atom. The molecule has 28 heavy (non-hydrogen) atoms. The molecule has 0 saturated heterocycles. The summed E-state index contributed by atoms with van der Waals surface area (Å²) in [6.45, 7) is 0. The van der Waals surface area contributed by atoms with Gasteiger partial charge in [-0.15, -0.1) is 0 Å². The van der Waals surface area contributed by atoms with Crippen molar-refractivity contribution in [2.45, 2.75) is 0 Å². The summed E-state index contributed by atoms with van der Waals surface area (Å²) in [5.41, 5.74) is -0.926. The van der Waals surface area contributed by atoms with Crippen molar-refractivity contribution in [3.05, 3.63) is 74.1 Å². The summed E-state index contributed by atoms with van der Waals surface area (Å²) >= 11 is 0. The maximum Gasteiger partial charge on any atom is 0.339 e. The van der Waals surface area contributed by atoms with E-state index in [4.69, 9.17) is 5.11 Å². The number of carboxylic acids is 1. The average molecular weight is 383 g/mol.